The average Bonchev–Trinajstić information content (AvgIpc) is 3.17. The molecule has 1 aromatic rings. The van der Waals surface area contributed by atoms with Crippen molar-refractivity contribution in [1.82, 2.24) is 0 Å². The van der Waals surface area contributed by atoms with Gasteiger partial charge in [-0.15, -0.1) is 5.47 Å². The second-order valence-electron chi connectivity index (χ2n) is 5.55. The lowest BCUT2D eigenvalue weighted by Gasteiger charge is -2.44. The number of ether oxygens (including phenoxy) is 1. The summed E-state index contributed by atoms with van der Waals surface area (Å²) < 4.78 is 5.53. The van der Waals surface area contributed by atoms with Crippen LogP contribution in [0.1, 0.15) is 17.9 Å². The number of rotatable bonds is 1. The van der Waals surface area contributed by atoms with Gasteiger partial charge in [0.05, 0.1) is 6.61 Å². The van der Waals surface area contributed by atoms with Crippen LogP contribution in [0, 0.1) is 11.8 Å². The van der Waals surface area contributed by atoms with Gasteiger partial charge >= 0.3 is 0 Å². The first kappa shape index (κ1) is 10.6. The highest BCUT2D eigenvalue weighted by Crippen LogP contribution is 2.57. The Bertz CT molecular complexity index is 545. The monoisotopic (exact) mass is 236 g/mol. The fraction of sp³-hybridized carbons (Fsp3) is 0.400. The molecular formula is C15H13BO2. The predicted molar refractivity (Wildman–Crippen MR) is 68.3 cm³/mol. The van der Waals surface area contributed by atoms with Crippen molar-refractivity contribution in [2.24, 2.45) is 11.8 Å². The van der Waals surface area contributed by atoms with Gasteiger partial charge in [-0.25, -0.2) is 0 Å². The van der Waals surface area contributed by atoms with Crippen LogP contribution in [0.3, 0.4) is 0 Å². The topological polar surface area (TPSA) is 29.6 Å². The molecule has 2 fully saturated rings. The van der Waals surface area contributed by atoms with Crippen molar-refractivity contribution in [1.29, 1.82) is 0 Å². The third kappa shape index (κ3) is 1.20. The van der Waals surface area contributed by atoms with Gasteiger partial charge in [-0.05, 0) is 17.9 Å². The Hall–Kier alpha value is -1.35. The zero-order valence-corrected chi connectivity index (χ0v) is 10.0. The Balaban J connectivity index is 1.81. The average molecular weight is 236 g/mol. The van der Waals surface area contributed by atoms with Gasteiger partial charge in [0.2, 0.25) is 0 Å². The molecule has 4 atom stereocenters. The maximum absolute atomic E-state index is 12.3. The SMILES string of the molecule is [B]C1=CC2CC(c3ccccc3)C1[C@]1(CO1)C2=O. The van der Waals surface area contributed by atoms with Crippen molar-refractivity contribution in [3.63, 3.8) is 0 Å². The summed E-state index contributed by atoms with van der Waals surface area (Å²) >= 11 is 0. The molecule has 2 radical (unpaired) electrons. The molecule has 1 aliphatic heterocycles. The second kappa shape index (κ2) is 3.36. The summed E-state index contributed by atoms with van der Waals surface area (Å²) in [7, 11) is 6.15. The molecule has 3 aliphatic carbocycles. The maximum Gasteiger partial charge on any atom is 0.174 e. The lowest BCUT2D eigenvalue weighted by Crippen LogP contribution is -2.50. The van der Waals surface area contributed by atoms with Gasteiger partial charge in [0.1, 0.15) is 7.85 Å². The summed E-state index contributed by atoms with van der Waals surface area (Å²) in [5.74, 6) is 0.551. The van der Waals surface area contributed by atoms with Crippen molar-refractivity contribution in [3.8, 4) is 0 Å². The Labute approximate surface area is 107 Å². The molecule has 0 amide bonds. The van der Waals surface area contributed by atoms with E-state index in [-0.39, 0.29) is 17.6 Å². The van der Waals surface area contributed by atoms with Gasteiger partial charge in [0.25, 0.3) is 0 Å². The van der Waals surface area contributed by atoms with Crippen LogP contribution in [-0.2, 0) is 9.53 Å². The highest BCUT2D eigenvalue weighted by atomic mass is 16.6. The van der Waals surface area contributed by atoms with Gasteiger partial charge in [-0.1, -0.05) is 36.4 Å². The summed E-state index contributed by atoms with van der Waals surface area (Å²) in [6.07, 6.45) is 2.82. The summed E-state index contributed by atoms with van der Waals surface area (Å²) in [6.45, 7) is 0.547. The predicted octanol–water partition coefficient (Wildman–Crippen LogP) is 1.81. The zero-order chi connectivity index (χ0) is 12.3. The minimum atomic E-state index is -0.581. The van der Waals surface area contributed by atoms with Crippen LogP contribution >= 0.6 is 0 Å². The molecule has 18 heavy (non-hydrogen) atoms. The molecule has 3 heteroatoms. The molecule has 1 saturated carbocycles. The molecule has 2 nitrogen and oxygen atoms in total. The summed E-state index contributed by atoms with van der Waals surface area (Å²) in [5, 5.41) is 0. The number of fused-ring (bicyclic) bond motifs is 1. The standard InChI is InChI=1S/C15H13BO2/c16-12-7-10-6-11(9-4-2-1-3-5-9)13(12)15(8-18-15)14(10)17/h1-5,7,10-11,13H,6,8H2/t10?,11?,13?,15-/m1/s1. The first-order valence-electron chi connectivity index (χ1n) is 6.43. The number of Topliss-reactive ketones (excluding diaryl/α,β-unsaturated/α-hetero) is 1. The smallest absolute Gasteiger partial charge is 0.174 e. The lowest BCUT2D eigenvalue weighted by molar-refractivity contribution is -0.132. The molecule has 2 bridgehead atoms. The molecule has 1 spiro atoms. The van der Waals surface area contributed by atoms with Crippen LogP contribution in [0.15, 0.2) is 41.9 Å². The van der Waals surface area contributed by atoms with Crippen molar-refractivity contribution < 1.29 is 9.53 Å². The van der Waals surface area contributed by atoms with E-state index in [1.165, 1.54) is 5.56 Å². The van der Waals surface area contributed by atoms with E-state index in [1.807, 2.05) is 24.3 Å². The van der Waals surface area contributed by atoms with Gasteiger partial charge in [0.15, 0.2) is 11.4 Å². The third-order valence-electron chi connectivity index (χ3n) is 4.60. The Morgan fingerprint density at radius 3 is 2.67 bits per heavy atom. The van der Waals surface area contributed by atoms with Gasteiger partial charge < -0.3 is 4.74 Å². The molecule has 5 rings (SSSR count). The Morgan fingerprint density at radius 1 is 1.28 bits per heavy atom. The van der Waals surface area contributed by atoms with E-state index in [4.69, 9.17) is 12.6 Å². The third-order valence-corrected chi connectivity index (χ3v) is 4.60. The summed E-state index contributed by atoms with van der Waals surface area (Å²) in [4.78, 5) is 12.3. The van der Waals surface area contributed by atoms with E-state index in [9.17, 15) is 4.79 Å². The molecule has 88 valence electrons. The minimum absolute atomic E-state index is 0.0393. The van der Waals surface area contributed by atoms with E-state index >= 15 is 0 Å². The number of ketones is 1. The quantitative estimate of drug-likeness (QED) is 0.549. The number of benzene rings is 1. The number of hydrogen-bond donors (Lipinski definition) is 0. The van der Waals surface area contributed by atoms with Crippen molar-refractivity contribution in [3.05, 3.63) is 47.4 Å². The summed E-state index contributed by atoms with van der Waals surface area (Å²) in [6, 6.07) is 10.3. The molecule has 3 unspecified atom stereocenters. The normalized spacial score (nSPS) is 41.0. The zero-order valence-electron chi connectivity index (χ0n) is 10.0. The van der Waals surface area contributed by atoms with E-state index in [0.29, 0.717) is 12.5 Å². The number of carbonyl (C=O) groups excluding carboxylic acids is 1. The van der Waals surface area contributed by atoms with Crippen LogP contribution in [0.4, 0.5) is 0 Å². The van der Waals surface area contributed by atoms with Gasteiger partial charge in [0, 0.05) is 11.8 Å². The van der Waals surface area contributed by atoms with Crippen molar-refractivity contribution in [2.45, 2.75) is 17.9 Å². The van der Waals surface area contributed by atoms with Crippen LogP contribution in [0.2, 0.25) is 0 Å². The van der Waals surface area contributed by atoms with Crippen LogP contribution in [0.5, 0.6) is 0 Å². The second-order valence-corrected chi connectivity index (χ2v) is 5.55. The number of hydrogen-bond acceptors (Lipinski definition) is 2. The van der Waals surface area contributed by atoms with Crippen molar-refractivity contribution >= 4 is 13.6 Å². The Kier molecular flexibility index (Phi) is 1.97. The molecule has 1 saturated heterocycles. The highest BCUT2D eigenvalue weighted by molar-refractivity contribution is 6.24. The summed E-state index contributed by atoms with van der Waals surface area (Å²) in [5.41, 5.74) is 1.53. The van der Waals surface area contributed by atoms with Gasteiger partial charge in [-0.3, -0.25) is 4.79 Å². The molecule has 1 aromatic carbocycles. The van der Waals surface area contributed by atoms with Crippen LogP contribution < -0.4 is 0 Å². The molecule has 1 heterocycles. The number of epoxide rings is 1. The highest BCUT2D eigenvalue weighted by Gasteiger charge is 2.66. The molecule has 0 N–H and O–H groups in total. The van der Waals surface area contributed by atoms with Crippen molar-refractivity contribution in [2.75, 3.05) is 6.61 Å². The van der Waals surface area contributed by atoms with E-state index in [1.54, 1.807) is 0 Å². The van der Waals surface area contributed by atoms with Crippen LogP contribution in [-0.4, -0.2) is 25.8 Å². The molecule has 4 aliphatic rings. The minimum Gasteiger partial charge on any atom is -0.361 e. The van der Waals surface area contributed by atoms with Gasteiger partial charge in [-0.2, -0.15) is 0 Å². The lowest BCUT2D eigenvalue weighted by atomic mass is 9.54. The van der Waals surface area contributed by atoms with E-state index in [0.717, 1.165) is 11.9 Å². The first-order valence-corrected chi connectivity index (χ1v) is 6.43. The van der Waals surface area contributed by atoms with E-state index in [2.05, 4.69) is 12.1 Å². The number of carbonyl (C=O) groups is 1. The largest absolute Gasteiger partial charge is 0.361 e. The fourth-order valence-electron chi connectivity index (χ4n) is 3.72. The van der Waals surface area contributed by atoms with E-state index < -0.39 is 5.60 Å². The molecular weight excluding hydrogens is 223 g/mol. The fourth-order valence-corrected chi connectivity index (χ4v) is 3.72. The number of allylic oxidation sites excluding steroid dienone is 1. The maximum atomic E-state index is 12.3. The Morgan fingerprint density at radius 2 is 2.00 bits per heavy atom. The van der Waals surface area contributed by atoms with Crippen LogP contribution in [0.25, 0.3) is 0 Å². The first-order chi connectivity index (χ1) is 8.72. The molecule has 0 aromatic heterocycles.